The highest BCUT2D eigenvalue weighted by Gasteiger charge is 2.13. The average molecular weight is 334 g/mol. The Morgan fingerprint density at radius 3 is 2.50 bits per heavy atom. The summed E-state index contributed by atoms with van der Waals surface area (Å²) in [5, 5.41) is 0. The number of benzene rings is 2. The Hall–Kier alpha value is -1.81. The fourth-order valence-corrected chi connectivity index (χ4v) is 2.17. The average Bonchev–Trinajstić information content (AvgIpc) is 2.42. The van der Waals surface area contributed by atoms with Gasteiger partial charge in [0, 0.05) is 10.2 Å². The van der Waals surface area contributed by atoms with E-state index >= 15 is 0 Å². The number of rotatable bonds is 3. The predicted molar refractivity (Wildman–Crippen MR) is 83.6 cm³/mol. The minimum atomic E-state index is -0.346. The number of anilines is 1. The molecule has 0 spiro atoms. The number of nitrogen functional groups attached to an aromatic ring is 1. The third kappa shape index (κ3) is 3.39. The molecule has 0 unspecified atom stereocenters. The molecule has 0 radical (unpaired) electrons. The van der Waals surface area contributed by atoms with Crippen LogP contribution in [0.4, 0.5) is 5.69 Å². The number of aryl methyl sites for hydroxylation is 1. The van der Waals surface area contributed by atoms with Crippen molar-refractivity contribution in [3.05, 3.63) is 63.1 Å². The van der Waals surface area contributed by atoms with Gasteiger partial charge in [0.2, 0.25) is 0 Å². The van der Waals surface area contributed by atoms with Crippen molar-refractivity contribution in [1.29, 1.82) is 0 Å². The first-order valence-corrected chi connectivity index (χ1v) is 7.05. The molecule has 2 aromatic carbocycles. The molecule has 0 fully saturated rings. The van der Waals surface area contributed by atoms with E-state index in [9.17, 15) is 4.79 Å². The highest BCUT2D eigenvalue weighted by atomic mass is 79.9. The molecule has 0 saturated carbocycles. The molecule has 3 nitrogen and oxygen atoms in total. The number of carbonyl (C=O) groups excluding carboxylic acids is 1. The van der Waals surface area contributed by atoms with Gasteiger partial charge in [-0.1, -0.05) is 28.1 Å². The van der Waals surface area contributed by atoms with E-state index in [0.717, 1.165) is 21.2 Å². The van der Waals surface area contributed by atoms with Crippen molar-refractivity contribution in [1.82, 2.24) is 0 Å². The van der Waals surface area contributed by atoms with Crippen molar-refractivity contribution < 1.29 is 9.53 Å². The van der Waals surface area contributed by atoms with Gasteiger partial charge in [-0.05, 0) is 54.8 Å². The highest BCUT2D eigenvalue weighted by molar-refractivity contribution is 9.10. The summed E-state index contributed by atoms with van der Waals surface area (Å²) in [6.45, 7) is 4.07. The molecule has 0 saturated heterocycles. The normalized spacial score (nSPS) is 10.3. The third-order valence-corrected chi connectivity index (χ3v) is 3.72. The van der Waals surface area contributed by atoms with Crippen LogP contribution in [0.3, 0.4) is 0 Å². The minimum absolute atomic E-state index is 0.249. The van der Waals surface area contributed by atoms with Crippen LogP contribution >= 0.6 is 15.9 Å². The van der Waals surface area contributed by atoms with Crippen LogP contribution in [0, 0.1) is 13.8 Å². The van der Waals surface area contributed by atoms with E-state index < -0.39 is 0 Å². The van der Waals surface area contributed by atoms with Gasteiger partial charge in [-0.15, -0.1) is 0 Å². The van der Waals surface area contributed by atoms with Gasteiger partial charge in [0.1, 0.15) is 6.61 Å². The van der Waals surface area contributed by atoms with E-state index in [1.54, 1.807) is 6.07 Å². The summed E-state index contributed by atoms with van der Waals surface area (Å²) in [6, 6.07) is 11.2. The van der Waals surface area contributed by atoms with Crippen molar-refractivity contribution in [2.75, 3.05) is 5.73 Å². The van der Waals surface area contributed by atoms with E-state index in [0.29, 0.717) is 11.3 Å². The quantitative estimate of drug-likeness (QED) is 0.682. The number of halogens is 1. The van der Waals surface area contributed by atoms with Crippen LogP contribution in [0.5, 0.6) is 0 Å². The first-order chi connectivity index (χ1) is 9.47. The summed E-state index contributed by atoms with van der Waals surface area (Å²) >= 11 is 3.37. The van der Waals surface area contributed by atoms with Gasteiger partial charge < -0.3 is 10.5 Å². The van der Waals surface area contributed by atoms with Gasteiger partial charge in [-0.3, -0.25) is 0 Å². The summed E-state index contributed by atoms with van der Waals surface area (Å²) in [7, 11) is 0. The lowest BCUT2D eigenvalue weighted by Crippen LogP contribution is -2.09. The molecule has 0 aromatic heterocycles. The van der Waals surface area contributed by atoms with Crippen molar-refractivity contribution in [3.8, 4) is 0 Å². The summed E-state index contributed by atoms with van der Waals surface area (Å²) in [4.78, 5) is 12.1. The van der Waals surface area contributed by atoms with Gasteiger partial charge in [-0.25, -0.2) is 4.79 Å². The Kier molecular flexibility index (Phi) is 4.45. The molecular weight excluding hydrogens is 318 g/mol. The molecular formula is C16H16BrNO2. The summed E-state index contributed by atoms with van der Waals surface area (Å²) < 4.78 is 6.33. The maximum absolute atomic E-state index is 12.1. The highest BCUT2D eigenvalue weighted by Crippen LogP contribution is 2.19. The van der Waals surface area contributed by atoms with Gasteiger partial charge in [0.15, 0.2) is 0 Å². The van der Waals surface area contributed by atoms with Crippen molar-refractivity contribution >= 4 is 27.6 Å². The van der Waals surface area contributed by atoms with Crippen molar-refractivity contribution in [2.45, 2.75) is 20.5 Å². The molecule has 0 heterocycles. The van der Waals surface area contributed by atoms with Crippen LogP contribution in [0.1, 0.15) is 27.0 Å². The standard InChI is InChI=1S/C16H16BrNO2/c1-10-7-14(18)8-15(11(10)2)16(19)20-9-12-3-5-13(17)6-4-12/h3-8H,9,18H2,1-2H3. The Labute approximate surface area is 126 Å². The molecule has 0 aliphatic rings. The van der Waals surface area contributed by atoms with Crippen molar-refractivity contribution in [3.63, 3.8) is 0 Å². The molecule has 104 valence electrons. The third-order valence-electron chi connectivity index (χ3n) is 3.19. The van der Waals surface area contributed by atoms with Crippen LogP contribution in [0.15, 0.2) is 40.9 Å². The monoisotopic (exact) mass is 333 g/mol. The number of hydrogen-bond donors (Lipinski definition) is 1. The zero-order valence-electron chi connectivity index (χ0n) is 11.4. The first kappa shape index (κ1) is 14.6. The van der Waals surface area contributed by atoms with Crippen LogP contribution in [-0.4, -0.2) is 5.97 Å². The first-order valence-electron chi connectivity index (χ1n) is 6.25. The Morgan fingerprint density at radius 1 is 1.20 bits per heavy atom. The summed E-state index contributed by atoms with van der Waals surface area (Å²) in [6.07, 6.45) is 0. The zero-order valence-corrected chi connectivity index (χ0v) is 13.0. The molecule has 2 rings (SSSR count). The second-order valence-electron chi connectivity index (χ2n) is 4.71. The van der Waals surface area contributed by atoms with E-state index in [-0.39, 0.29) is 12.6 Å². The van der Waals surface area contributed by atoms with E-state index in [1.807, 2.05) is 44.2 Å². The Balaban J connectivity index is 2.11. The molecule has 4 heteroatoms. The SMILES string of the molecule is Cc1cc(N)cc(C(=O)OCc2ccc(Br)cc2)c1C. The molecule has 20 heavy (non-hydrogen) atoms. The van der Waals surface area contributed by atoms with E-state index in [4.69, 9.17) is 10.5 Å². The minimum Gasteiger partial charge on any atom is -0.457 e. The Bertz CT molecular complexity index is 636. The maximum Gasteiger partial charge on any atom is 0.338 e. The molecule has 0 aliphatic heterocycles. The fourth-order valence-electron chi connectivity index (χ4n) is 1.91. The number of ether oxygens (including phenoxy) is 1. The van der Waals surface area contributed by atoms with Gasteiger partial charge in [0.25, 0.3) is 0 Å². The molecule has 0 bridgehead atoms. The molecule has 0 atom stereocenters. The maximum atomic E-state index is 12.1. The van der Waals surface area contributed by atoms with Gasteiger partial charge in [0.05, 0.1) is 5.56 Å². The zero-order chi connectivity index (χ0) is 14.7. The van der Waals surface area contributed by atoms with Crippen LogP contribution in [0.2, 0.25) is 0 Å². The predicted octanol–water partition coefficient (Wildman–Crippen LogP) is 4.01. The lowest BCUT2D eigenvalue weighted by Gasteiger charge is -2.10. The lowest BCUT2D eigenvalue weighted by atomic mass is 10.0. The fraction of sp³-hybridized carbons (Fsp3) is 0.188. The molecule has 0 amide bonds. The van der Waals surface area contributed by atoms with E-state index in [2.05, 4.69) is 15.9 Å². The van der Waals surface area contributed by atoms with Crippen LogP contribution < -0.4 is 5.73 Å². The molecule has 2 aromatic rings. The molecule has 0 aliphatic carbocycles. The van der Waals surface area contributed by atoms with Crippen LogP contribution in [0.25, 0.3) is 0 Å². The topological polar surface area (TPSA) is 52.3 Å². The second-order valence-corrected chi connectivity index (χ2v) is 5.63. The second kappa shape index (κ2) is 6.09. The van der Waals surface area contributed by atoms with Crippen LogP contribution in [-0.2, 0) is 11.3 Å². The lowest BCUT2D eigenvalue weighted by molar-refractivity contribution is 0.0472. The molecule has 2 N–H and O–H groups in total. The number of nitrogens with two attached hydrogens (primary N) is 1. The summed E-state index contributed by atoms with van der Waals surface area (Å²) in [5.41, 5.74) is 9.71. The van der Waals surface area contributed by atoms with E-state index in [1.165, 1.54) is 0 Å². The smallest absolute Gasteiger partial charge is 0.338 e. The number of esters is 1. The number of hydrogen-bond acceptors (Lipinski definition) is 3. The van der Waals surface area contributed by atoms with Crippen molar-refractivity contribution in [2.24, 2.45) is 0 Å². The Morgan fingerprint density at radius 2 is 1.85 bits per heavy atom. The number of carbonyl (C=O) groups is 1. The summed E-state index contributed by atoms with van der Waals surface area (Å²) in [5.74, 6) is -0.346. The van der Waals surface area contributed by atoms with Gasteiger partial charge in [-0.2, -0.15) is 0 Å². The largest absolute Gasteiger partial charge is 0.457 e. The van der Waals surface area contributed by atoms with Gasteiger partial charge >= 0.3 is 5.97 Å².